The highest BCUT2D eigenvalue weighted by Crippen LogP contribution is 2.20. The number of esters is 1. The maximum absolute atomic E-state index is 12.9. The minimum Gasteiger partial charge on any atom is -0.464 e. The van der Waals surface area contributed by atoms with Gasteiger partial charge in [-0.3, -0.25) is 9.79 Å². The van der Waals surface area contributed by atoms with Crippen molar-refractivity contribution in [1.29, 1.82) is 0 Å². The summed E-state index contributed by atoms with van der Waals surface area (Å²) in [5, 5.41) is 0. The van der Waals surface area contributed by atoms with Gasteiger partial charge in [0.25, 0.3) is 5.91 Å². The monoisotopic (exact) mass is 329 g/mol. The van der Waals surface area contributed by atoms with Crippen LogP contribution in [0.1, 0.15) is 47.5 Å². The summed E-state index contributed by atoms with van der Waals surface area (Å²) in [6.45, 7) is 9.63. The summed E-state index contributed by atoms with van der Waals surface area (Å²) in [6.07, 6.45) is 0.500. The number of amides is 1. The Morgan fingerprint density at radius 1 is 1.17 bits per heavy atom. The van der Waals surface area contributed by atoms with Crippen LogP contribution in [0.15, 0.2) is 4.99 Å². The fourth-order valence-electron chi connectivity index (χ4n) is 2.42. The highest BCUT2D eigenvalue weighted by Gasteiger charge is 2.46. The van der Waals surface area contributed by atoms with E-state index < -0.39 is 17.4 Å². The van der Waals surface area contributed by atoms with Crippen molar-refractivity contribution in [2.45, 2.75) is 65.1 Å². The number of carbonyl (C=O) groups is 2. The smallest absolute Gasteiger partial charge is 0.335 e. The highest BCUT2D eigenvalue weighted by molar-refractivity contribution is 6.07. The largest absolute Gasteiger partial charge is 0.464 e. The number of ether oxygens (including phenoxy) is 1. The van der Waals surface area contributed by atoms with Crippen LogP contribution in [-0.4, -0.2) is 53.5 Å². The molecular weight excluding hydrogens is 298 g/mol. The maximum Gasteiger partial charge on any atom is 0.335 e. The molecule has 0 heterocycles. The zero-order valence-electron chi connectivity index (χ0n) is 14.8. The van der Waals surface area contributed by atoms with Crippen LogP contribution in [-0.2, 0) is 14.3 Å². The Balaban J connectivity index is 5.36. The van der Waals surface area contributed by atoms with E-state index >= 15 is 0 Å². The number of hydrogen-bond acceptors (Lipinski definition) is 5. The van der Waals surface area contributed by atoms with Crippen LogP contribution in [0, 0.1) is 0 Å². The molecule has 0 aromatic carbocycles. The van der Waals surface area contributed by atoms with Gasteiger partial charge in [-0.2, -0.15) is 0 Å². The SMILES string of the molecule is CCOC(=O)[C@@](N)(CCCN=C(N)N)C(=O)N(C(C)C)C(C)C. The Morgan fingerprint density at radius 3 is 2.09 bits per heavy atom. The lowest BCUT2D eigenvalue weighted by Crippen LogP contribution is -2.63. The molecule has 0 saturated carbocycles. The Kier molecular flexibility index (Phi) is 8.60. The van der Waals surface area contributed by atoms with Crippen LogP contribution in [0.3, 0.4) is 0 Å². The Bertz CT molecular complexity index is 425. The lowest BCUT2D eigenvalue weighted by Gasteiger charge is -2.37. The molecule has 1 atom stereocenters. The number of nitrogens with two attached hydrogens (primary N) is 3. The molecule has 0 spiro atoms. The maximum atomic E-state index is 12.9. The summed E-state index contributed by atoms with van der Waals surface area (Å²) >= 11 is 0. The molecular formula is C15H31N5O3. The van der Waals surface area contributed by atoms with Crippen molar-refractivity contribution in [2.75, 3.05) is 13.2 Å². The van der Waals surface area contributed by atoms with Gasteiger partial charge >= 0.3 is 5.97 Å². The second-order valence-corrected chi connectivity index (χ2v) is 6.00. The van der Waals surface area contributed by atoms with Gasteiger partial charge in [-0.1, -0.05) is 0 Å². The van der Waals surface area contributed by atoms with Gasteiger partial charge in [-0.05, 0) is 47.5 Å². The highest BCUT2D eigenvalue weighted by atomic mass is 16.5. The zero-order valence-corrected chi connectivity index (χ0v) is 14.8. The number of guanidine groups is 1. The quantitative estimate of drug-likeness (QED) is 0.178. The Morgan fingerprint density at radius 2 is 1.70 bits per heavy atom. The molecule has 0 saturated heterocycles. The summed E-state index contributed by atoms with van der Waals surface area (Å²) < 4.78 is 5.02. The Hall–Kier alpha value is -1.83. The van der Waals surface area contributed by atoms with E-state index in [-0.39, 0.29) is 37.6 Å². The first kappa shape index (κ1) is 21.2. The van der Waals surface area contributed by atoms with Gasteiger partial charge in [-0.25, -0.2) is 4.79 Å². The molecule has 0 aromatic heterocycles. The van der Waals surface area contributed by atoms with Crippen molar-refractivity contribution in [3.8, 4) is 0 Å². The number of carbonyl (C=O) groups excluding carboxylic acids is 2. The predicted octanol–water partition coefficient (Wildman–Crippen LogP) is -0.0540. The van der Waals surface area contributed by atoms with Crippen molar-refractivity contribution in [1.82, 2.24) is 4.90 Å². The van der Waals surface area contributed by atoms with Crippen LogP contribution >= 0.6 is 0 Å². The molecule has 0 aliphatic carbocycles. The molecule has 0 bridgehead atoms. The summed E-state index contributed by atoms with van der Waals surface area (Å²) in [6, 6.07) is -0.171. The van der Waals surface area contributed by atoms with Crippen molar-refractivity contribution in [3.05, 3.63) is 0 Å². The molecule has 6 N–H and O–H groups in total. The summed E-state index contributed by atoms with van der Waals surface area (Å²) in [5.41, 5.74) is 15.0. The zero-order chi connectivity index (χ0) is 18.2. The van der Waals surface area contributed by atoms with Crippen LogP contribution in [0.2, 0.25) is 0 Å². The number of hydrogen-bond donors (Lipinski definition) is 3. The van der Waals surface area contributed by atoms with E-state index in [1.807, 2.05) is 27.7 Å². The normalized spacial score (nSPS) is 13.6. The fourth-order valence-corrected chi connectivity index (χ4v) is 2.42. The molecule has 0 unspecified atom stereocenters. The van der Waals surface area contributed by atoms with Gasteiger partial charge in [0, 0.05) is 18.6 Å². The molecule has 0 rings (SSSR count). The second kappa shape index (κ2) is 9.34. The fraction of sp³-hybridized carbons (Fsp3) is 0.800. The molecule has 0 fully saturated rings. The van der Waals surface area contributed by atoms with E-state index in [1.54, 1.807) is 11.8 Å². The van der Waals surface area contributed by atoms with Crippen molar-refractivity contribution in [2.24, 2.45) is 22.2 Å². The molecule has 8 nitrogen and oxygen atoms in total. The molecule has 134 valence electrons. The van der Waals surface area contributed by atoms with Gasteiger partial charge in [0.2, 0.25) is 0 Å². The second-order valence-electron chi connectivity index (χ2n) is 6.00. The molecule has 8 heteroatoms. The third-order valence-corrected chi connectivity index (χ3v) is 3.39. The van der Waals surface area contributed by atoms with Crippen molar-refractivity contribution >= 4 is 17.8 Å². The van der Waals surface area contributed by atoms with Gasteiger partial charge in [0.15, 0.2) is 11.5 Å². The molecule has 0 aliphatic heterocycles. The first-order valence-electron chi connectivity index (χ1n) is 7.92. The summed E-state index contributed by atoms with van der Waals surface area (Å²) in [5.74, 6) is -1.20. The predicted molar refractivity (Wildman–Crippen MR) is 90.6 cm³/mol. The van der Waals surface area contributed by atoms with Gasteiger partial charge in [0.1, 0.15) is 0 Å². The number of nitrogens with zero attached hydrogens (tertiary/aromatic N) is 2. The van der Waals surface area contributed by atoms with E-state index in [4.69, 9.17) is 21.9 Å². The van der Waals surface area contributed by atoms with Gasteiger partial charge in [0.05, 0.1) is 6.61 Å². The van der Waals surface area contributed by atoms with Crippen LogP contribution < -0.4 is 17.2 Å². The lowest BCUT2D eigenvalue weighted by atomic mass is 9.91. The third kappa shape index (κ3) is 6.05. The van der Waals surface area contributed by atoms with Gasteiger partial charge in [-0.15, -0.1) is 0 Å². The average Bonchev–Trinajstić information content (AvgIpc) is 2.42. The molecule has 0 radical (unpaired) electrons. The topological polar surface area (TPSA) is 137 Å². The summed E-state index contributed by atoms with van der Waals surface area (Å²) in [4.78, 5) is 30.7. The molecule has 0 aliphatic rings. The number of aliphatic imine (C=N–C) groups is 1. The van der Waals surface area contributed by atoms with Crippen LogP contribution in [0.4, 0.5) is 0 Å². The Labute approximate surface area is 138 Å². The molecule has 23 heavy (non-hydrogen) atoms. The minimum absolute atomic E-state index is 0.0407. The van der Waals surface area contributed by atoms with E-state index in [9.17, 15) is 9.59 Å². The van der Waals surface area contributed by atoms with Crippen molar-refractivity contribution in [3.63, 3.8) is 0 Å². The standard InChI is InChI=1S/C15H31N5O3/c1-6-23-13(22)15(18,8-7-9-19-14(16)17)12(21)20(10(2)3)11(4)5/h10-11H,6-9,18H2,1-5H3,(H4,16,17,19)/t15-/m1/s1. The van der Waals surface area contributed by atoms with E-state index in [0.717, 1.165) is 0 Å². The van der Waals surface area contributed by atoms with Crippen molar-refractivity contribution < 1.29 is 14.3 Å². The number of rotatable bonds is 9. The first-order chi connectivity index (χ1) is 10.6. The average molecular weight is 329 g/mol. The summed E-state index contributed by atoms with van der Waals surface area (Å²) in [7, 11) is 0. The van der Waals surface area contributed by atoms with Crippen LogP contribution in [0.25, 0.3) is 0 Å². The third-order valence-electron chi connectivity index (χ3n) is 3.39. The molecule has 0 aromatic rings. The van der Waals surface area contributed by atoms with E-state index in [0.29, 0.717) is 6.42 Å². The van der Waals surface area contributed by atoms with Gasteiger partial charge < -0.3 is 26.8 Å². The van der Waals surface area contributed by atoms with Crippen LogP contribution in [0.5, 0.6) is 0 Å². The van der Waals surface area contributed by atoms with E-state index in [1.165, 1.54) is 0 Å². The minimum atomic E-state index is -1.73. The first-order valence-corrected chi connectivity index (χ1v) is 7.92. The lowest BCUT2D eigenvalue weighted by molar-refractivity contribution is -0.159. The van der Waals surface area contributed by atoms with E-state index in [2.05, 4.69) is 4.99 Å². The molecule has 1 amide bonds.